The summed E-state index contributed by atoms with van der Waals surface area (Å²) >= 11 is 1.57. The highest BCUT2D eigenvalue weighted by atomic mass is 32.1. The quantitative estimate of drug-likeness (QED) is 0.0725. The van der Waals surface area contributed by atoms with Crippen LogP contribution >= 0.6 is 11.3 Å². The highest BCUT2D eigenvalue weighted by Gasteiger charge is 2.45. The molecule has 4 aromatic rings. The molecule has 4 heterocycles. The monoisotopic (exact) mass is 942 g/mol. The van der Waals surface area contributed by atoms with E-state index in [1.165, 1.54) is 21.6 Å². The third-order valence-electron chi connectivity index (χ3n) is 12.7. The molecule has 67 heavy (non-hydrogen) atoms. The average Bonchev–Trinajstić information content (AvgIpc) is 4.02. The van der Waals surface area contributed by atoms with Gasteiger partial charge < -0.3 is 34.9 Å². The first kappa shape index (κ1) is 49.8. The molecule has 0 radical (unpaired) electrons. The number of halogens is 2. The van der Waals surface area contributed by atoms with Gasteiger partial charge in [0.1, 0.15) is 31.0 Å². The normalized spacial score (nSPS) is 19.9. The van der Waals surface area contributed by atoms with E-state index in [9.17, 15) is 28.3 Å². The largest absolute Gasteiger partial charge is 0.490 e. The van der Waals surface area contributed by atoms with Crippen molar-refractivity contribution in [1.82, 2.24) is 30.4 Å². The number of benzene rings is 2. The third kappa shape index (κ3) is 12.7. The molecule has 7 rings (SSSR count). The molecule has 1 saturated heterocycles. The van der Waals surface area contributed by atoms with E-state index >= 15 is 0 Å². The molecular weight excluding hydrogens is 879 g/mol. The molecule has 5 atom stereocenters. The van der Waals surface area contributed by atoms with Gasteiger partial charge in [-0.3, -0.25) is 24.3 Å². The maximum Gasteiger partial charge on any atom is 0.251 e. The van der Waals surface area contributed by atoms with Crippen molar-refractivity contribution in [2.75, 3.05) is 46.1 Å². The third-order valence-corrected chi connectivity index (χ3v) is 13.7. The van der Waals surface area contributed by atoms with Crippen molar-refractivity contribution in [3.8, 4) is 16.2 Å². The number of aliphatic hydroxyl groups is 1. The topological polar surface area (TPSA) is 155 Å². The van der Waals surface area contributed by atoms with Crippen molar-refractivity contribution in [2.24, 2.45) is 5.41 Å². The van der Waals surface area contributed by atoms with E-state index in [1.807, 2.05) is 93.6 Å². The number of hydrogen-bond donors (Lipinski definition) is 3. The Bertz CT molecular complexity index is 2340. The number of alkyl halides is 2. The van der Waals surface area contributed by atoms with E-state index in [-0.39, 0.29) is 50.7 Å². The fourth-order valence-corrected chi connectivity index (χ4v) is 10.1. The van der Waals surface area contributed by atoms with Crippen LogP contribution in [0.2, 0.25) is 0 Å². The average molecular weight is 943 g/mol. The van der Waals surface area contributed by atoms with Gasteiger partial charge in [-0.05, 0) is 96.9 Å². The molecule has 16 heteroatoms. The van der Waals surface area contributed by atoms with Gasteiger partial charge in [-0.25, -0.2) is 13.8 Å². The molecule has 3 amide bonds. The lowest BCUT2D eigenvalue weighted by atomic mass is 9.85. The number of hydrogen-bond acceptors (Lipinski definition) is 11. The Hall–Kier alpha value is -5.13. The van der Waals surface area contributed by atoms with Gasteiger partial charge in [0, 0.05) is 38.8 Å². The molecule has 0 spiro atoms. The number of carbonyl (C=O) groups is 3. The van der Waals surface area contributed by atoms with Gasteiger partial charge in [-0.1, -0.05) is 69.3 Å². The number of aromatic nitrogens is 2. The van der Waals surface area contributed by atoms with Crippen LogP contribution in [0.25, 0.3) is 16.0 Å². The number of likely N-dealkylation sites (tertiary alicyclic amines) is 1. The van der Waals surface area contributed by atoms with Crippen LogP contribution in [0.5, 0.6) is 5.75 Å². The Morgan fingerprint density at radius 1 is 0.955 bits per heavy atom. The molecule has 2 aliphatic heterocycles. The number of aryl methyl sites for hydroxylation is 1. The lowest BCUT2D eigenvalue weighted by molar-refractivity contribution is -0.144. The Morgan fingerprint density at radius 3 is 2.42 bits per heavy atom. The van der Waals surface area contributed by atoms with Gasteiger partial charge in [0.25, 0.3) is 6.43 Å². The molecule has 0 unspecified atom stereocenters. The number of unbranched alkanes of at least 4 members (excludes halogenated alkanes) is 2. The van der Waals surface area contributed by atoms with Crippen molar-refractivity contribution in [2.45, 2.75) is 116 Å². The first-order chi connectivity index (χ1) is 32.2. The van der Waals surface area contributed by atoms with E-state index in [2.05, 4.69) is 27.8 Å². The lowest BCUT2D eigenvalue weighted by Crippen LogP contribution is -2.58. The minimum atomic E-state index is -2.45. The zero-order valence-corrected chi connectivity index (χ0v) is 40.0. The second-order valence-corrected chi connectivity index (χ2v) is 19.7. The van der Waals surface area contributed by atoms with Crippen LogP contribution in [0.3, 0.4) is 0 Å². The van der Waals surface area contributed by atoms with Crippen molar-refractivity contribution in [3.63, 3.8) is 0 Å². The standard InChI is InChI=1S/C51H64F2N6O7S/c1-32-23-40-39-12-8-7-11-36(39)24-41(40)46(58(32)29-44(52)53)42-18-17-38(27-54-42)66-22-21-64-19-9-6-10-20-65-30-45(61)57-48(51(3,4)5)50(63)59-28-37(60)25-43(59)49(62)55-26-34-13-15-35(16-14-34)47-33(2)56-31-67-47/h7-8,11-18,27,31-32,37,43-44,46,48,60H,6,9-10,19-26,28-30H2,1-5H3,(H,55,62)(H,57,61)/t32-,37-,43+,46+,48-/m1/s1. The SMILES string of the molecule is Cc1ncsc1-c1ccc(CNC(=O)[C@@H]2C[C@@H](O)CN2C(=O)[C@@H](NC(=O)COCCCCCOCCOc2ccc([C@@H]3C4=C(C[C@@H](C)N3CC(F)F)c3ccccc3C4)nc2)C(C)(C)C)cc1. The Morgan fingerprint density at radius 2 is 1.72 bits per heavy atom. The minimum Gasteiger partial charge on any atom is -0.490 e. The summed E-state index contributed by atoms with van der Waals surface area (Å²) in [7, 11) is 0. The number of thiazole rings is 1. The van der Waals surface area contributed by atoms with Crippen molar-refractivity contribution in [3.05, 3.63) is 106 Å². The number of fused-ring (bicyclic) bond motifs is 2. The molecule has 2 aromatic carbocycles. The smallest absolute Gasteiger partial charge is 0.251 e. The highest BCUT2D eigenvalue weighted by molar-refractivity contribution is 7.13. The van der Waals surface area contributed by atoms with Crippen LogP contribution in [-0.4, -0.2) is 119 Å². The second kappa shape index (κ2) is 22.8. The first-order valence-corrected chi connectivity index (χ1v) is 24.2. The highest BCUT2D eigenvalue weighted by Crippen LogP contribution is 2.48. The second-order valence-electron chi connectivity index (χ2n) is 18.8. The maximum atomic E-state index is 14.0. The van der Waals surface area contributed by atoms with E-state index in [0.717, 1.165) is 58.6 Å². The molecule has 360 valence electrons. The Balaban J connectivity index is 0.779. The van der Waals surface area contributed by atoms with Gasteiger partial charge in [-0.15, -0.1) is 11.3 Å². The zero-order chi connectivity index (χ0) is 47.7. The molecule has 1 fully saturated rings. The summed E-state index contributed by atoms with van der Waals surface area (Å²) in [6.45, 7) is 10.8. The molecule has 2 aromatic heterocycles. The van der Waals surface area contributed by atoms with E-state index in [0.29, 0.717) is 38.6 Å². The van der Waals surface area contributed by atoms with Crippen LogP contribution in [-0.2, 0) is 36.8 Å². The summed E-state index contributed by atoms with van der Waals surface area (Å²) in [5, 5.41) is 16.3. The summed E-state index contributed by atoms with van der Waals surface area (Å²) in [5.41, 5.74) is 9.63. The Kier molecular flexibility index (Phi) is 16.9. The van der Waals surface area contributed by atoms with Crippen molar-refractivity contribution < 1.29 is 42.5 Å². The van der Waals surface area contributed by atoms with E-state index in [1.54, 1.807) is 17.5 Å². The molecule has 0 bridgehead atoms. The van der Waals surface area contributed by atoms with E-state index in [4.69, 9.17) is 19.2 Å². The van der Waals surface area contributed by atoms with E-state index < -0.39 is 41.8 Å². The van der Waals surface area contributed by atoms with Gasteiger partial charge in [0.2, 0.25) is 17.7 Å². The number of nitrogens with zero attached hydrogens (tertiary/aromatic N) is 4. The van der Waals surface area contributed by atoms with Gasteiger partial charge in [-0.2, -0.15) is 0 Å². The van der Waals surface area contributed by atoms with Crippen LogP contribution in [0.1, 0.15) is 93.9 Å². The van der Waals surface area contributed by atoms with Crippen LogP contribution in [0.15, 0.2) is 77.9 Å². The van der Waals surface area contributed by atoms with Gasteiger partial charge >= 0.3 is 0 Å². The molecule has 1 aliphatic carbocycles. The number of ether oxygens (including phenoxy) is 3. The number of aliphatic hydroxyl groups excluding tert-OH is 1. The number of rotatable bonds is 21. The predicted molar refractivity (Wildman–Crippen MR) is 253 cm³/mol. The van der Waals surface area contributed by atoms with Crippen LogP contribution < -0.4 is 15.4 Å². The fourth-order valence-electron chi connectivity index (χ4n) is 9.31. The summed E-state index contributed by atoms with van der Waals surface area (Å²) in [6.07, 6.45) is 2.23. The van der Waals surface area contributed by atoms with Crippen molar-refractivity contribution in [1.29, 1.82) is 0 Å². The molecule has 3 N–H and O–H groups in total. The van der Waals surface area contributed by atoms with Gasteiger partial charge in [0.15, 0.2) is 0 Å². The number of β-amino-alcohol motifs (C(OH)–C–C–N with tert-alkyl or cyclic N) is 1. The predicted octanol–water partition coefficient (Wildman–Crippen LogP) is 7.32. The fraction of sp³-hybridized carbons (Fsp3) is 0.510. The molecule has 0 saturated carbocycles. The number of nitrogens with one attached hydrogen (secondary N) is 2. The van der Waals surface area contributed by atoms with Gasteiger partial charge in [0.05, 0.1) is 53.3 Å². The summed E-state index contributed by atoms with van der Waals surface area (Å²) in [5.74, 6) is -0.657. The molecular formula is C51H64F2N6O7S. The summed E-state index contributed by atoms with van der Waals surface area (Å²) in [4.78, 5) is 53.8. The zero-order valence-electron chi connectivity index (χ0n) is 39.1. The van der Waals surface area contributed by atoms with Crippen LogP contribution in [0, 0.1) is 12.3 Å². The summed E-state index contributed by atoms with van der Waals surface area (Å²) in [6, 6.07) is 17.7. The number of carbonyl (C=O) groups excluding carboxylic acids is 3. The molecule has 3 aliphatic rings. The minimum absolute atomic E-state index is 0.00941. The summed E-state index contributed by atoms with van der Waals surface area (Å²) < 4.78 is 44.9. The lowest BCUT2D eigenvalue weighted by Gasteiger charge is -2.41. The first-order valence-electron chi connectivity index (χ1n) is 23.3. The number of amides is 3. The molecule has 13 nitrogen and oxygen atoms in total. The maximum absolute atomic E-state index is 14.0. The number of pyridine rings is 1. The van der Waals surface area contributed by atoms with Crippen LogP contribution in [0.4, 0.5) is 8.78 Å². The van der Waals surface area contributed by atoms with Crippen molar-refractivity contribution >= 4 is 34.6 Å². The Labute approximate surface area is 396 Å².